The largest absolute Gasteiger partial charge is 0.348 e. The SMILES string of the molecule is CC1CCC2CN=C(NC(C)c3ccnn3C)N2C1.I. The summed E-state index contributed by atoms with van der Waals surface area (Å²) in [5, 5.41) is 7.79. The molecule has 20 heavy (non-hydrogen) atoms. The molecule has 3 unspecified atom stereocenters. The van der Waals surface area contributed by atoms with Crippen LogP contribution in [0.3, 0.4) is 0 Å². The number of piperidine rings is 1. The minimum atomic E-state index is 0. The van der Waals surface area contributed by atoms with Gasteiger partial charge in [-0.3, -0.25) is 9.67 Å². The van der Waals surface area contributed by atoms with Crippen molar-refractivity contribution in [2.75, 3.05) is 13.1 Å². The summed E-state index contributed by atoms with van der Waals surface area (Å²) in [7, 11) is 1.98. The highest BCUT2D eigenvalue weighted by Gasteiger charge is 2.33. The predicted molar refractivity (Wildman–Crippen MR) is 91.4 cm³/mol. The second-order valence-electron chi connectivity index (χ2n) is 5.90. The average molecular weight is 389 g/mol. The molecule has 3 rings (SSSR count). The van der Waals surface area contributed by atoms with Crippen LogP contribution in [0.5, 0.6) is 0 Å². The van der Waals surface area contributed by atoms with E-state index in [1.165, 1.54) is 18.5 Å². The molecule has 1 saturated heterocycles. The number of fused-ring (bicyclic) bond motifs is 1. The monoisotopic (exact) mass is 389 g/mol. The molecule has 1 aromatic rings. The molecule has 3 heterocycles. The lowest BCUT2D eigenvalue weighted by Gasteiger charge is -2.36. The summed E-state index contributed by atoms with van der Waals surface area (Å²) < 4.78 is 1.92. The number of nitrogens with zero attached hydrogens (tertiary/aromatic N) is 4. The maximum absolute atomic E-state index is 4.70. The number of hydrogen-bond acceptors (Lipinski definition) is 4. The molecule has 0 aliphatic carbocycles. The normalized spacial score (nSPS) is 26.6. The van der Waals surface area contributed by atoms with Gasteiger partial charge in [-0.25, -0.2) is 0 Å². The maximum atomic E-state index is 4.70. The summed E-state index contributed by atoms with van der Waals surface area (Å²) in [5.74, 6) is 1.85. The molecule has 1 fully saturated rings. The Hall–Kier alpha value is -0.790. The van der Waals surface area contributed by atoms with Crippen molar-refractivity contribution in [1.82, 2.24) is 20.0 Å². The molecule has 1 N–H and O–H groups in total. The highest BCUT2D eigenvalue weighted by atomic mass is 127. The second-order valence-corrected chi connectivity index (χ2v) is 5.90. The van der Waals surface area contributed by atoms with Crippen LogP contribution in [0.15, 0.2) is 17.3 Å². The first kappa shape index (κ1) is 15.6. The molecule has 5 nitrogen and oxygen atoms in total. The van der Waals surface area contributed by atoms with E-state index in [9.17, 15) is 0 Å². The minimum absolute atomic E-state index is 0. The van der Waals surface area contributed by atoms with E-state index in [4.69, 9.17) is 4.99 Å². The van der Waals surface area contributed by atoms with Crippen molar-refractivity contribution in [3.05, 3.63) is 18.0 Å². The lowest BCUT2D eigenvalue weighted by Crippen LogP contribution is -2.48. The fourth-order valence-corrected chi connectivity index (χ4v) is 3.15. The number of rotatable bonds is 2. The average Bonchev–Trinajstić information content (AvgIpc) is 2.96. The van der Waals surface area contributed by atoms with Crippen LogP contribution in [0.1, 0.15) is 38.4 Å². The molecule has 0 radical (unpaired) electrons. The number of aromatic nitrogens is 2. The summed E-state index contributed by atoms with van der Waals surface area (Å²) >= 11 is 0. The third-order valence-corrected chi connectivity index (χ3v) is 4.31. The number of hydrogen-bond donors (Lipinski definition) is 1. The Kier molecular flexibility index (Phi) is 4.93. The zero-order chi connectivity index (χ0) is 13.4. The van der Waals surface area contributed by atoms with Crippen LogP contribution in [0, 0.1) is 5.92 Å². The number of nitrogens with one attached hydrogen (secondary N) is 1. The van der Waals surface area contributed by atoms with E-state index in [1.807, 2.05) is 17.9 Å². The van der Waals surface area contributed by atoms with Gasteiger partial charge < -0.3 is 10.2 Å². The summed E-state index contributed by atoms with van der Waals surface area (Å²) in [4.78, 5) is 7.16. The first-order chi connectivity index (χ1) is 9.15. The lowest BCUT2D eigenvalue weighted by molar-refractivity contribution is 0.209. The van der Waals surface area contributed by atoms with E-state index >= 15 is 0 Å². The van der Waals surface area contributed by atoms with Crippen LogP contribution in [0.2, 0.25) is 0 Å². The van der Waals surface area contributed by atoms with Gasteiger partial charge in [-0.2, -0.15) is 5.10 Å². The standard InChI is InChI=1S/C14H23N5.HI/c1-10-4-5-12-8-15-14(19(12)9-10)17-11(2)13-6-7-16-18(13)3;/h6-7,10-12H,4-5,8-9H2,1-3H3,(H,15,17);1H. The predicted octanol–water partition coefficient (Wildman–Crippen LogP) is 2.16. The number of aliphatic imine (C=N–C) groups is 1. The van der Waals surface area contributed by atoms with Crippen LogP contribution in [-0.4, -0.2) is 39.8 Å². The van der Waals surface area contributed by atoms with Crippen molar-refractivity contribution in [2.24, 2.45) is 18.0 Å². The van der Waals surface area contributed by atoms with Gasteiger partial charge in [0.1, 0.15) is 0 Å². The molecule has 2 aliphatic heterocycles. The Balaban J connectivity index is 0.00000147. The smallest absolute Gasteiger partial charge is 0.194 e. The quantitative estimate of drug-likeness (QED) is 0.789. The first-order valence-electron chi connectivity index (χ1n) is 7.20. The zero-order valence-corrected chi connectivity index (χ0v) is 14.7. The Morgan fingerprint density at radius 3 is 2.90 bits per heavy atom. The highest BCUT2D eigenvalue weighted by Crippen LogP contribution is 2.26. The molecule has 3 atom stereocenters. The van der Waals surface area contributed by atoms with Crippen LogP contribution < -0.4 is 5.32 Å². The molecule has 1 aromatic heterocycles. The van der Waals surface area contributed by atoms with Gasteiger partial charge in [0.25, 0.3) is 0 Å². The van der Waals surface area contributed by atoms with Gasteiger partial charge >= 0.3 is 0 Å². The third kappa shape index (κ3) is 2.94. The van der Waals surface area contributed by atoms with Crippen molar-refractivity contribution >= 4 is 29.9 Å². The van der Waals surface area contributed by atoms with E-state index in [1.54, 1.807) is 0 Å². The molecular formula is C14H24IN5. The molecule has 2 aliphatic rings. The Morgan fingerprint density at radius 2 is 2.20 bits per heavy atom. The van der Waals surface area contributed by atoms with Gasteiger partial charge in [-0.05, 0) is 31.7 Å². The number of halogens is 1. The summed E-state index contributed by atoms with van der Waals surface area (Å²) in [6.07, 6.45) is 4.45. The fraction of sp³-hybridized carbons (Fsp3) is 0.714. The van der Waals surface area contributed by atoms with E-state index in [2.05, 4.69) is 35.2 Å². The van der Waals surface area contributed by atoms with Gasteiger partial charge in [-0.15, -0.1) is 24.0 Å². The van der Waals surface area contributed by atoms with E-state index in [0.29, 0.717) is 6.04 Å². The zero-order valence-electron chi connectivity index (χ0n) is 12.4. The van der Waals surface area contributed by atoms with E-state index in [-0.39, 0.29) is 30.0 Å². The molecule has 0 amide bonds. The lowest BCUT2D eigenvalue weighted by atomic mass is 9.95. The fourth-order valence-electron chi connectivity index (χ4n) is 3.15. The number of guanidine groups is 1. The number of aryl methyl sites for hydroxylation is 1. The van der Waals surface area contributed by atoms with Crippen LogP contribution in [0.4, 0.5) is 0 Å². The van der Waals surface area contributed by atoms with Crippen molar-refractivity contribution in [2.45, 2.75) is 38.8 Å². The summed E-state index contributed by atoms with van der Waals surface area (Å²) in [6.45, 7) is 6.58. The summed E-state index contributed by atoms with van der Waals surface area (Å²) in [6, 6.07) is 2.92. The van der Waals surface area contributed by atoms with Gasteiger partial charge in [0, 0.05) is 19.8 Å². The Morgan fingerprint density at radius 1 is 1.40 bits per heavy atom. The van der Waals surface area contributed by atoms with Gasteiger partial charge in [0.15, 0.2) is 5.96 Å². The van der Waals surface area contributed by atoms with Crippen molar-refractivity contribution in [1.29, 1.82) is 0 Å². The van der Waals surface area contributed by atoms with Gasteiger partial charge in [0.2, 0.25) is 0 Å². The van der Waals surface area contributed by atoms with E-state index in [0.717, 1.165) is 25.0 Å². The molecule has 0 spiro atoms. The van der Waals surface area contributed by atoms with Crippen molar-refractivity contribution < 1.29 is 0 Å². The second kappa shape index (κ2) is 6.32. The van der Waals surface area contributed by atoms with Gasteiger partial charge in [-0.1, -0.05) is 6.92 Å². The van der Waals surface area contributed by atoms with Crippen molar-refractivity contribution in [3.63, 3.8) is 0 Å². The minimum Gasteiger partial charge on any atom is -0.348 e. The summed E-state index contributed by atoms with van der Waals surface area (Å²) in [5.41, 5.74) is 1.19. The Bertz CT molecular complexity index is 484. The molecule has 6 heteroatoms. The molecule has 0 aromatic carbocycles. The molecule has 0 saturated carbocycles. The van der Waals surface area contributed by atoms with E-state index < -0.39 is 0 Å². The highest BCUT2D eigenvalue weighted by molar-refractivity contribution is 14.0. The molecule has 112 valence electrons. The Labute approximate surface area is 137 Å². The van der Waals surface area contributed by atoms with Crippen molar-refractivity contribution in [3.8, 4) is 0 Å². The molecule has 0 bridgehead atoms. The molecular weight excluding hydrogens is 365 g/mol. The first-order valence-corrected chi connectivity index (χ1v) is 7.20. The third-order valence-electron chi connectivity index (χ3n) is 4.31. The van der Waals surface area contributed by atoms with Crippen LogP contribution in [0.25, 0.3) is 0 Å². The topological polar surface area (TPSA) is 45.5 Å². The maximum Gasteiger partial charge on any atom is 0.194 e. The van der Waals surface area contributed by atoms with Crippen LogP contribution >= 0.6 is 24.0 Å². The van der Waals surface area contributed by atoms with Crippen LogP contribution in [-0.2, 0) is 7.05 Å². The van der Waals surface area contributed by atoms with Gasteiger partial charge in [0.05, 0.1) is 24.3 Å².